The summed E-state index contributed by atoms with van der Waals surface area (Å²) in [6, 6.07) is 3.89. The summed E-state index contributed by atoms with van der Waals surface area (Å²) in [4.78, 5) is 15.0. The second-order valence-corrected chi connectivity index (χ2v) is 5.79. The highest BCUT2D eigenvalue weighted by Gasteiger charge is 2.26. The molecule has 1 aromatic heterocycles. The molecule has 0 radical (unpaired) electrons. The Balaban J connectivity index is 2.68. The number of carboxylic acids is 1. The van der Waals surface area contributed by atoms with Gasteiger partial charge in [-0.05, 0) is 18.2 Å². The lowest BCUT2D eigenvalue weighted by molar-refractivity contribution is 0.0683. The van der Waals surface area contributed by atoms with Gasteiger partial charge in [0.05, 0.1) is 5.69 Å². The van der Waals surface area contributed by atoms with E-state index in [2.05, 4.69) is 10.1 Å². The largest absolute Gasteiger partial charge is 0.475 e. The summed E-state index contributed by atoms with van der Waals surface area (Å²) in [6.45, 7) is 5.58. The van der Waals surface area contributed by atoms with Crippen LogP contribution in [0.15, 0.2) is 18.2 Å². The maximum absolute atomic E-state index is 13.4. The van der Waals surface area contributed by atoms with Crippen LogP contribution >= 0.6 is 11.6 Å². The van der Waals surface area contributed by atoms with E-state index in [9.17, 15) is 9.18 Å². The molecule has 0 aliphatic heterocycles. The predicted molar refractivity (Wildman–Crippen MR) is 72.0 cm³/mol. The molecule has 0 saturated heterocycles. The standard InChI is InChI=1S/C13H13ClFN3O2/c1-13(2,3)12-16-10(11(19)20)17-18(12)9-5-7(14)4-8(15)6-9/h4-6H,1-3H3,(H,19,20). The fourth-order valence-electron chi connectivity index (χ4n) is 1.73. The normalized spacial score (nSPS) is 11.7. The first kappa shape index (κ1) is 14.5. The highest BCUT2D eigenvalue weighted by Crippen LogP contribution is 2.25. The molecule has 7 heteroatoms. The Hall–Kier alpha value is -1.95. The molecule has 20 heavy (non-hydrogen) atoms. The minimum atomic E-state index is -1.24. The summed E-state index contributed by atoms with van der Waals surface area (Å²) in [5, 5.41) is 13.1. The number of carboxylic acid groups (broad SMARTS) is 1. The van der Waals surface area contributed by atoms with Crippen molar-refractivity contribution in [2.75, 3.05) is 0 Å². The van der Waals surface area contributed by atoms with Gasteiger partial charge in [0.15, 0.2) is 0 Å². The van der Waals surface area contributed by atoms with Crippen LogP contribution < -0.4 is 0 Å². The van der Waals surface area contributed by atoms with Crippen molar-refractivity contribution in [1.29, 1.82) is 0 Å². The molecule has 106 valence electrons. The highest BCUT2D eigenvalue weighted by molar-refractivity contribution is 6.30. The minimum absolute atomic E-state index is 0.201. The Bertz CT molecular complexity index is 656. The van der Waals surface area contributed by atoms with E-state index in [4.69, 9.17) is 16.7 Å². The number of halogens is 2. The average Bonchev–Trinajstić information content (AvgIpc) is 2.71. The van der Waals surface area contributed by atoms with E-state index in [-0.39, 0.29) is 10.8 Å². The maximum atomic E-state index is 13.4. The van der Waals surface area contributed by atoms with Crippen molar-refractivity contribution in [1.82, 2.24) is 14.8 Å². The van der Waals surface area contributed by atoms with Gasteiger partial charge in [0.25, 0.3) is 5.82 Å². The van der Waals surface area contributed by atoms with Crippen LogP contribution in [0.2, 0.25) is 5.02 Å². The molecule has 0 amide bonds. The third-order valence-corrected chi connectivity index (χ3v) is 2.78. The smallest absolute Gasteiger partial charge is 0.375 e. The van der Waals surface area contributed by atoms with Crippen LogP contribution in [0.3, 0.4) is 0 Å². The third kappa shape index (κ3) is 2.80. The molecule has 1 N–H and O–H groups in total. The number of aromatic nitrogens is 3. The quantitative estimate of drug-likeness (QED) is 0.925. The van der Waals surface area contributed by atoms with E-state index < -0.39 is 17.2 Å². The SMILES string of the molecule is CC(C)(C)c1nc(C(=O)O)nn1-c1cc(F)cc(Cl)c1. The number of benzene rings is 1. The zero-order chi connectivity index (χ0) is 15.1. The molecule has 1 heterocycles. The van der Waals surface area contributed by atoms with Crippen LogP contribution in [0.1, 0.15) is 37.2 Å². The van der Waals surface area contributed by atoms with Gasteiger partial charge in [0, 0.05) is 10.4 Å². The Morgan fingerprint density at radius 2 is 2.00 bits per heavy atom. The third-order valence-electron chi connectivity index (χ3n) is 2.56. The topological polar surface area (TPSA) is 68.0 Å². The van der Waals surface area contributed by atoms with Gasteiger partial charge in [0.1, 0.15) is 11.6 Å². The Kier molecular flexibility index (Phi) is 3.52. The van der Waals surface area contributed by atoms with E-state index in [1.165, 1.54) is 16.8 Å². The monoisotopic (exact) mass is 297 g/mol. The average molecular weight is 298 g/mol. The molecule has 0 bridgehead atoms. The summed E-state index contributed by atoms with van der Waals surface area (Å²) in [6.07, 6.45) is 0. The van der Waals surface area contributed by atoms with Crippen LogP contribution in [-0.4, -0.2) is 25.8 Å². The zero-order valence-corrected chi connectivity index (χ0v) is 11.9. The summed E-state index contributed by atoms with van der Waals surface area (Å²) in [7, 11) is 0. The molecule has 0 unspecified atom stereocenters. The van der Waals surface area contributed by atoms with Gasteiger partial charge in [-0.2, -0.15) is 0 Å². The lowest BCUT2D eigenvalue weighted by Gasteiger charge is -2.18. The first-order valence-corrected chi connectivity index (χ1v) is 6.23. The van der Waals surface area contributed by atoms with Crippen molar-refractivity contribution >= 4 is 17.6 Å². The summed E-state index contributed by atoms with van der Waals surface area (Å²) in [5.41, 5.74) is -0.126. The van der Waals surface area contributed by atoms with E-state index in [1.807, 2.05) is 20.8 Å². The molecule has 0 aliphatic rings. The van der Waals surface area contributed by atoms with Gasteiger partial charge in [-0.3, -0.25) is 0 Å². The Morgan fingerprint density at radius 3 is 2.50 bits per heavy atom. The number of carbonyl (C=O) groups is 1. The summed E-state index contributed by atoms with van der Waals surface area (Å²) < 4.78 is 14.7. The number of nitrogens with zero attached hydrogens (tertiary/aromatic N) is 3. The molecule has 5 nitrogen and oxygen atoms in total. The minimum Gasteiger partial charge on any atom is -0.475 e. The van der Waals surface area contributed by atoms with E-state index in [0.29, 0.717) is 11.5 Å². The second-order valence-electron chi connectivity index (χ2n) is 5.35. The molecule has 2 rings (SSSR count). The first-order valence-electron chi connectivity index (χ1n) is 5.86. The summed E-state index contributed by atoms with van der Waals surface area (Å²) in [5.74, 6) is -1.69. The van der Waals surface area contributed by atoms with Crippen molar-refractivity contribution in [3.63, 3.8) is 0 Å². The van der Waals surface area contributed by atoms with Crippen LogP contribution in [0.4, 0.5) is 4.39 Å². The van der Waals surface area contributed by atoms with Crippen molar-refractivity contribution in [2.24, 2.45) is 0 Å². The number of hydrogen-bond donors (Lipinski definition) is 1. The number of hydrogen-bond acceptors (Lipinski definition) is 3. The molecule has 0 saturated carbocycles. The van der Waals surface area contributed by atoms with Gasteiger partial charge in [-0.25, -0.2) is 18.9 Å². The van der Waals surface area contributed by atoms with Gasteiger partial charge >= 0.3 is 5.97 Å². The van der Waals surface area contributed by atoms with E-state index in [1.54, 1.807) is 0 Å². The fraction of sp³-hybridized carbons (Fsp3) is 0.308. The van der Waals surface area contributed by atoms with Gasteiger partial charge in [-0.1, -0.05) is 32.4 Å². The van der Waals surface area contributed by atoms with Crippen molar-refractivity contribution in [2.45, 2.75) is 26.2 Å². The lowest BCUT2D eigenvalue weighted by atomic mass is 9.95. The first-order chi connectivity index (χ1) is 9.18. The molecular weight excluding hydrogens is 285 g/mol. The summed E-state index contributed by atoms with van der Waals surface area (Å²) >= 11 is 5.82. The van der Waals surface area contributed by atoms with Crippen molar-refractivity contribution in [3.05, 3.63) is 40.7 Å². The molecule has 0 atom stereocenters. The van der Waals surface area contributed by atoms with Crippen LogP contribution in [0.25, 0.3) is 5.69 Å². The maximum Gasteiger partial charge on any atom is 0.375 e. The van der Waals surface area contributed by atoms with Gasteiger partial charge < -0.3 is 5.11 Å². The molecule has 0 fully saturated rings. The van der Waals surface area contributed by atoms with Crippen LogP contribution in [0.5, 0.6) is 0 Å². The van der Waals surface area contributed by atoms with Crippen molar-refractivity contribution < 1.29 is 14.3 Å². The molecular formula is C13H13ClFN3O2. The lowest BCUT2D eigenvalue weighted by Crippen LogP contribution is -2.19. The highest BCUT2D eigenvalue weighted by atomic mass is 35.5. The number of aromatic carboxylic acids is 1. The second kappa shape index (κ2) is 4.86. The molecule has 0 aliphatic carbocycles. The Morgan fingerprint density at radius 1 is 1.35 bits per heavy atom. The predicted octanol–water partition coefficient (Wildman–Crippen LogP) is 3.06. The molecule has 1 aromatic carbocycles. The van der Waals surface area contributed by atoms with E-state index >= 15 is 0 Å². The van der Waals surface area contributed by atoms with Crippen LogP contribution in [0, 0.1) is 5.82 Å². The zero-order valence-electron chi connectivity index (χ0n) is 11.2. The van der Waals surface area contributed by atoms with Gasteiger partial charge in [0.2, 0.25) is 0 Å². The van der Waals surface area contributed by atoms with E-state index in [0.717, 1.165) is 6.07 Å². The fourth-order valence-corrected chi connectivity index (χ4v) is 1.95. The Labute approximate surface area is 120 Å². The van der Waals surface area contributed by atoms with Crippen LogP contribution in [-0.2, 0) is 5.41 Å². The van der Waals surface area contributed by atoms with Crippen molar-refractivity contribution in [3.8, 4) is 5.69 Å². The molecule has 0 spiro atoms. The van der Waals surface area contributed by atoms with Gasteiger partial charge in [-0.15, -0.1) is 5.10 Å². The number of rotatable bonds is 2. The molecule has 2 aromatic rings.